The van der Waals surface area contributed by atoms with Gasteiger partial charge >= 0.3 is 0 Å². The molecule has 0 amide bonds. The highest BCUT2D eigenvalue weighted by Gasteiger charge is 2.18. The first-order valence-corrected chi connectivity index (χ1v) is 4.62. The Kier molecular flexibility index (Phi) is 2.28. The summed E-state index contributed by atoms with van der Waals surface area (Å²) in [4.78, 5) is 0. The molecule has 2 aromatic heterocycles. The Morgan fingerprint density at radius 2 is 2.13 bits per heavy atom. The van der Waals surface area contributed by atoms with Crippen molar-refractivity contribution in [1.82, 2.24) is 24.8 Å². The van der Waals surface area contributed by atoms with Gasteiger partial charge in [0, 0.05) is 25.9 Å². The average molecular weight is 207 g/mol. The molecule has 0 saturated carbocycles. The van der Waals surface area contributed by atoms with E-state index in [1.54, 1.807) is 28.8 Å². The van der Waals surface area contributed by atoms with Gasteiger partial charge in [-0.2, -0.15) is 5.10 Å². The molecule has 1 N–H and O–H groups in total. The molecular formula is C9H13N5O. The van der Waals surface area contributed by atoms with Gasteiger partial charge in [0.15, 0.2) is 0 Å². The van der Waals surface area contributed by atoms with Gasteiger partial charge in [-0.05, 0) is 6.92 Å². The molecule has 1 unspecified atom stereocenters. The highest BCUT2D eigenvalue weighted by atomic mass is 16.3. The number of hydrogen-bond donors (Lipinski definition) is 1. The standard InChI is InChI=1S/C9H13N5O/c1-6-7(5-13(2)11-6)9(15)8-4-10-12-14(8)3/h4-5,9,15H,1-3H3. The summed E-state index contributed by atoms with van der Waals surface area (Å²) in [6.07, 6.45) is 2.63. The minimum atomic E-state index is -0.723. The van der Waals surface area contributed by atoms with Crippen molar-refractivity contribution in [2.45, 2.75) is 13.0 Å². The van der Waals surface area contributed by atoms with Crippen molar-refractivity contribution in [2.75, 3.05) is 0 Å². The Hall–Kier alpha value is -1.69. The van der Waals surface area contributed by atoms with E-state index in [4.69, 9.17) is 0 Å². The van der Waals surface area contributed by atoms with Crippen LogP contribution in [0.5, 0.6) is 0 Å². The fourth-order valence-corrected chi connectivity index (χ4v) is 1.59. The molecule has 15 heavy (non-hydrogen) atoms. The van der Waals surface area contributed by atoms with Gasteiger partial charge in [0.05, 0.1) is 17.6 Å². The fourth-order valence-electron chi connectivity index (χ4n) is 1.59. The molecule has 0 bridgehead atoms. The largest absolute Gasteiger partial charge is 0.382 e. The average Bonchev–Trinajstić information content (AvgIpc) is 2.71. The Morgan fingerprint density at radius 1 is 1.40 bits per heavy atom. The molecule has 0 aliphatic rings. The summed E-state index contributed by atoms with van der Waals surface area (Å²) < 4.78 is 3.23. The van der Waals surface area contributed by atoms with Crippen LogP contribution in [0.1, 0.15) is 23.1 Å². The summed E-state index contributed by atoms with van der Waals surface area (Å²) in [7, 11) is 3.57. The van der Waals surface area contributed by atoms with E-state index in [-0.39, 0.29) is 0 Å². The van der Waals surface area contributed by atoms with Crippen LogP contribution in [0.3, 0.4) is 0 Å². The third-order valence-electron chi connectivity index (χ3n) is 2.38. The quantitative estimate of drug-likeness (QED) is 0.749. The molecule has 0 aliphatic carbocycles. The molecule has 0 saturated heterocycles. The van der Waals surface area contributed by atoms with E-state index < -0.39 is 6.10 Å². The van der Waals surface area contributed by atoms with Gasteiger partial charge in [-0.15, -0.1) is 5.10 Å². The Balaban J connectivity index is 2.40. The molecule has 2 rings (SSSR count). The first-order chi connectivity index (χ1) is 7.09. The molecule has 6 heteroatoms. The molecule has 0 spiro atoms. The number of aliphatic hydroxyl groups is 1. The van der Waals surface area contributed by atoms with Gasteiger partial charge in [0.25, 0.3) is 0 Å². The van der Waals surface area contributed by atoms with Gasteiger partial charge in [-0.25, -0.2) is 4.68 Å². The van der Waals surface area contributed by atoms with E-state index in [9.17, 15) is 5.11 Å². The van der Waals surface area contributed by atoms with E-state index >= 15 is 0 Å². The molecule has 2 heterocycles. The third kappa shape index (κ3) is 1.63. The summed E-state index contributed by atoms with van der Waals surface area (Å²) in [5.41, 5.74) is 2.25. The van der Waals surface area contributed by atoms with Crippen LogP contribution in [0.25, 0.3) is 0 Å². The summed E-state index contributed by atoms with van der Waals surface area (Å²) in [5, 5.41) is 21.8. The first kappa shape index (κ1) is 9.85. The lowest BCUT2D eigenvalue weighted by Gasteiger charge is -2.08. The van der Waals surface area contributed by atoms with Crippen molar-refractivity contribution in [3.63, 3.8) is 0 Å². The van der Waals surface area contributed by atoms with Crippen LogP contribution >= 0.6 is 0 Å². The maximum absolute atomic E-state index is 10.1. The van der Waals surface area contributed by atoms with Crippen molar-refractivity contribution >= 4 is 0 Å². The predicted octanol–water partition coefficient (Wildman–Crippen LogP) is -0.0613. The van der Waals surface area contributed by atoms with E-state index in [0.717, 1.165) is 11.3 Å². The minimum absolute atomic E-state index is 0.658. The molecule has 0 aromatic carbocycles. The number of nitrogens with zero attached hydrogens (tertiary/aromatic N) is 5. The molecule has 1 atom stereocenters. The maximum atomic E-state index is 10.1. The second-order valence-electron chi connectivity index (χ2n) is 3.53. The minimum Gasteiger partial charge on any atom is -0.382 e. The van der Waals surface area contributed by atoms with Crippen LogP contribution in [-0.2, 0) is 14.1 Å². The summed E-state index contributed by atoms with van der Waals surface area (Å²) in [5.74, 6) is 0. The molecular weight excluding hydrogens is 194 g/mol. The molecule has 0 radical (unpaired) electrons. The highest BCUT2D eigenvalue weighted by molar-refractivity contribution is 5.25. The second kappa shape index (κ2) is 3.47. The monoisotopic (exact) mass is 207 g/mol. The van der Waals surface area contributed by atoms with E-state index in [2.05, 4.69) is 15.4 Å². The zero-order valence-electron chi connectivity index (χ0n) is 8.92. The number of aromatic nitrogens is 5. The summed E-state index contributed by atoms with van der Waals surface area (Å²) in [6, 6.07) is 0. The van der Waals surface area contributed by atoms with Gasteiger partial charge < -0.3 is 5.11 Å². The van der Waals surface area contributed by atoms with Crippen LogP contribution in [0.4, 0.5) is 0 Å². The van der Waals surface area contributed by atoms with Gasteiger partial charge in [-0.1, -0.05) is 5.21 Å². The molecule has 6 nitrogen and oxygen atoms in total. The number of hydrogen-bond acceptors (Lipinski definition) is 4. The number of aliphatic hydroxyl groups excluding tert-OH is 1. The van der Waals surface area contributed by atoms with Crippen molar-refractivity contribution in [3.8, 4) is 0 Å². The summed E-state index contributed by atoms with van der Waals surface area (Å²) >= 11 is 0. The third-order valence-corrected chi connectivity index (χ3v) is 2.38. The van der Waals surface area contributed by atoms with Gasteiger partial charge in [0.1, 0.15) is 6.10 Å². The predicted molar refractivity (Wildman–Crippen MR) is 53.0 cm³/mol. The van der Waals surface area contributed by atoms with Crippen LogP contribution in [0.2, 0.25) is 0 Å². The summed E-state index contributed by atoms with van der Waals surface area (Å²) in [6.45, 7) is 1.86. The first-order valence-electron chi connectivity index (χ1n) is 4.62. The topological polar surface area (TPSA) is 68.8 Å². The van der Waals surface area contributed by atoms with Crippen molar-refractivity contribution in [1.29, 1.82) is 0 Å². The van der Waals surface area contributed by atoms with Crippen molar-refractivity contribution in [2.24, 2.45) is 14.1 Å². The zero-order chi connectivity index (χ0) is 11.0. The fraction of sp³-hybridized carbons (Fsp3) is 0.444. The molecule has 80 valence electrons. The smallest absolute Gasteiger partial charge is 0.126 e. The molecule has 0 fully saturated rings. The maximum Gasteiger partial charge on any atom is 0.126 e. The van der Waals surface area contributed by atoms with Gasteiger partial charge in [-0.3, -0.25) is 4.68 Å². The van der Waals surface area contributed by atoms with Crippen molar-refractivity contribution < 1.29 is 5.11 Å². The van der Waals surface area contributed by atoms with Gasteiger partial charge in [0.2, 0.25) is 0 Å². The zero-order valence-corrected chi connectivity index (χ0v) is 8.92. The number of aryl methyl sites for hydroxylation is 3. The molecule has 2 aromatic rings. The molecule has 0 aliphatic heterocycles. The Bertz CT molecular complexity index is 473. The normalized spacial score (nSPS) is 13.1. The second-order valence-corrected chi connectivity index (χ2v) is 3.53. The Labute approximate surface area is 87.1 Å². The SMILES string of the molecule is Cc1nn(C)cc1C(O)c1cnnn1C. The lowest BCUT2D eigenvalue weighted by Crippen LogP contribution is -2.06. The van der Waals surface area contributed by atoms with Crippen molar-refractivity contribution in [3.05, 3.63) is 29.3 Å². The Morgan fingerprint density at radius 3 is 2.60 bits per heavy atom. The number of rotatable bonds is 2. The van der Waals surface area contributed by atoms with E-state index in [0.29, 0.717) is 5.69 Å². The lowest BCUT2D eigenvalue weighted by atomic mass is 10.1. The van der Waals surface area contributed by atoms with Crippen LogP contribution in [0, 0.1) is 6.92 Å². The van der Waals surface area contributed by atoms with Crippen LogP contribution in [0.15, 0.2) is 12.4 Å². The van der Waals surface area contributed by atoms with E-state index in [1.807, 2.05) is 14.0 Å². The lowest BCUT2D eigenvalue weighted by molar-refractivity contribution is 0.209. The highest BCUT2D eigenvalue weighted by Crippen LogP contribution is 2.22. The van der Waals surface area contributed by atoms with E-state index in [1.165, 1.54) is 0 Å². The van der Waals surface area contributed by atoms with Crippen LogP contribution < -0.4 is 0 Å². The van der Waals surface area contributed by atoms with Crippen LogP contribution in [-0.4, -0.2) is 29.9 Å².